The topological polar surface area (TPSA) is 44.1 Å². The molecule has 2 aromatic heterocycles. The van der Waals surface area contributed by atoms with Gasteiger partial charge in [0.1, 0.15) is 5.75 Å². The van der Waals surface area contributed by atoms with E-state index in [4.69, 9.17) is 4.74 Å². The van der Waals surface area contributed by atoms with E-state index < -0.39 is 0 Å². The highest BCUT2D eigenvalue weighted by atomic mass is 16.5. The largest absolute Gasteiger partial charge is 0.493 e. The second-order valence-corrected chi connectivity index (χ2v) is 7.85. The molecule has 3 aromatic rings. The quantitative estimate of drug-likeness (QED) is 0.475. The summed E-state index contributed by atoms with van der Waals surface area (Å²) >= 11 is 0. The van der Waals surface area contributed by atoms with Gasteiger partial charge in [0, 0.05) is 30.9 Å². The molecule has 1 fully saturated rings. The summed E-state index contributed by atoms with van der Waals surface area (Å²) in [6.07, 6.45) is 8.10. The van der Waals surface area contributed by atoms with Gasteiger partial charge in [0.25, 0.3) is 5.56 Å². The van der Waals surface area contributed by atoms with E-state index in [0.29, 0.717) is 17.2 Å². The monoisotopic (exact) mass is 350 g/mol. The molecule has 0 atom stereocenters. The SMILES string of the molecule is CC(C)CCCOc1cc2c(cc1C1CC1)c1ccncc1c(=O)n2C. The first kappa shape index (κ1) is 17.1. The van der Waals surface area contributed by atoms with E-state index in [-0.39, 0.29) is 5.56 Å². The van der Waals surface area contributed by atoms with Crippen molar-refractivity contribution >= 4 is 21.7 Å². The van der Waals surface area contributed by atoms with Crippen molar-refractivity contribution in [2.24, 2.45) is 13.0 Å². The Balaban J connectivity index is 1.82. The molecule has 0 unspecified atom stereocenters. The zero-order chi connectivity index (χ0) is 18.3. The number of nitrogens with zero attached hydrogens (tertiary/aromatic N) is 2. The van der Waals surface area contributed by atoms with Crippen molar-refractivity contribution in [3.05, 3.63) is 46.5 Å². The summed E-state index contributed by atoms with van der Waals surface area (Å²) in [7, 11) is 1.83. The van der Waals surface area contributed by atoms with Crippen LogP contribution in [0.4, 0.5) is 0 Å². The Labute approximate surface area is 153 Å². The number of ether oxygens (including phenoxy) is 1. The lowest BCUT2D eigenvalue weighted by atomic mass is 10.0. The van der Waals surface area contributed by atoms with Gasteiger partial charge >= 0.3 is 0 Å². The molecule has 0 N–H and O–H groups in total. The van der Waals surface area contributed by atoms with Crippen LogP contribution in [0, 0.1) is 5.92 Å². The maximum absolute atomic E-state index is 12.7. The Morgan fingerprint density at radius 2 is 2.04 bits per heavy atom. The fourth-order valence-electron chi connectivity index (χ4n) is 3.68. The molecule has 0 amide bonds. The highest BCUT2D eigenvalue weighted by Crippen LogP contribution is 2.46. The second kappa shape index (κ2) is 6.75. The van der Waals surface area contributed by atoms with Crippen LogP contribution in [-0.2, 0) is 7.05 Å². The summed E-state index contributed by atoms with van der Waals surface area (Å²) < 4.78 is 7.90. The molecular formula is C22H26N2O2. The standard InChI is InChI=1S/C22H26N2O2/c1-14(2)5-4-10-26-21-12-20-18(11-17(21)15-6-7-15)16-8-9-23-13-19(16)22(25)24(20)3/h8-9,11-15H,4-7,10H2,1-3H3. The van der Waals surface area contributed by atoms with Crippen molar-refractivity contribution in [2.45, 2.75) is 45.4 Å². The van der Waals surface area contributed by atoms with Crippen molar-refractivity contribution < 1.29 is 4.74 Å². The number of benzene rings is 1. The normalized spacial score (nSPS) is 14.5. The fourth-order valence-corrected chi connectivity index (χ4v) is 3.68. The lowest BCUT2D eigenvalue weighted by Gasteiger charge is -2.16. The Kier molecular flexibility index (Phi) is 4.43. The molecule has 0 spiro atoms. The molecule has 0 bridgehead atoms. The Bertz CT molecular complexity index is 1020. The molecule has 4 heteroatoms. The summed E-state index contributed by atoms with van der Waals surface area (Å²) in [5.74, 6) is 2.24. The first-order chi connectivity index (χ1) is 12.6. The van der Waals surface area contributed by atoms with Crippen LogP contribution in [0.1, 0.15) is 51.0 Å². The molecule has 26 heavy (non-hydrogen) atoms. The van der Waals surface area contributed by atoms with Crippen molar-refractivity contribution in [1.29, 1.82) is 0 Å². The molecule has 2 heterocycles. The zero-order valence-electron chi connectivity index (χ0n) is 15.8. The highest BCUT2D eigenvalue weighted by Gasteiger charge is 2.28. The molecule has 1 aromatic carbocycles. The van der Waals surface area contributed by atoms with Gasteiger partial charge in [-0.25, -0.2) is 0 Å². The molecule has 0 saturated heterocycles. The third kappa shape index (κ3) is 3.09. The Hall–Kier alpha value is -2.36. The van der Waals surface area contributed by atoms with Crippen LogP contribution in [0.5, 0.6) is 5.75 Å². The zero-order valence-corrected chi connectivity index (χ0v) is 15.8. The third-order valence-electron chi connectivity index (χ3n) is 5.34. The molecule has 4 nitrogen and oxygen atoms in total. The Morgan fingerprint density at radius 3 is 2.77 bits per heavy atom. The van der Waals surface area contributed by atoms with E-state index in [0.717, 1.165) is 35.1 Å². The van der Waals surface area contributed by atoms with Gasteiger partial charge in [-0.2, -0.15) is 0 Å². The van der Waals surface area contributed by atoms with Crippen molar-refractivity contribution in [1.82, 2.24) is 9.55 Å². The molecule has 1 saturated carbocycles. The molecule has 0 radical (unpaired) electrons. The molecule has 1 aliphatic rings. The highest BCUT2D eigenvalue weighted by molar-refractivity contribution is 6.06. The van der Waals surface area contributed by atoms with E-state index in [1.807, 2.05) is 13.1 Å². The first-order valence-corrected chi connectivity index (χ1v) is 9.59. The summed E-state index contributed by atoms with van der Waals surface area (Å²) in [5.41, 5.74) is 2.21. The lowest BCUT2D eigenvalue weighted by Crippen LogP contribution is -2.17. The number of aryl methyl sites for hydroxylation is 1. The van der Waals surface area contributed by atoms with Crippen LogP contribution in [0.2, 0.25) is 0 Å². The van der Waals surface area contributed by atoms with Crippen LogP contribution in [-0.4, -0.2) is 16.2 Å². The van der Waals surface area contributed by atoms with Crippen molar-refractivity contribution in [2.75, 3.05) is 6.61 Å². The van der Waals surface area contributed by atoms with Crippen LogP contribution in [0.15, 0.2) is 35.4 Å². The van der Waals surface area contributed by atoms with Crippen LogP contribution >= 0.6 is 0 Å². The van der Waals surface area contributed by atoms with Gasteiger partial charge in [0.2, 0.25) is 0 Å². The summed E-state index contributed by atoms with van der Waals surface area (Å²) in [6.45, 7) is 5.21. The number of hydrogen-bond donors (Lipinski definition) is 0. The second-order valence-electron chi connectivity index (χ2n) is 7.85. The number of aromatic nitrogens is 2. The fraction of sp³-hybridized carbons (Fsp3) is 0.455. The van der Waals surface area contributed by atoms with Gasteiger partial charge in [-0.15, -0.1) is 0 Å². The van der Waals surface area contributed by atoms with Crippen LogP contribution in [0.25, 0.3) is 21.7 Å². The van der Waals surface area contributed by atoms with Gasteiger partial charge in [0.05, 0.1) is 17.5 Å². The average molecular weight is 350 g/mol. The molecule has 4 rings (SSSR count). The van der Waals surface area contributed by atoms with Crippen LogP contribution in [0.3, 0.4) is 0 Å². The van der Waals surface area contributed by atoms with E-state index in [1.165, 1.54) is 24.8 Å². The number of pyridine rings is 2. The van der Waals surface area contributed by atoms with Gasteiger partial charge in [-0.1, -0.05) is 13.8 Å². The van der Waals surface area contributed by atoms with Crippen LogP contribution < -0.4 is 10.3 Å². The Morgan fingerprint density at radius 1 is 1.23 bits per heavy atom. The van der Waals surface area contributed by atoms with Gasteiger partial charge < -0.3 is 9.30 Å². The van der Waals surface area contributed by atoms with Gasteiger partial charge in [0.15, 0.2) is 0 Å². The summed E-state index contributed by atoms with van der Waals surface area (Å²) in [5, 5.41) is 2.77. The molecular weight excluding hydrogens is 324 g/mol. The van der Waals surface area contributed by atoms with Crippen molar-refractivity contribution in [3.8, 4) is 5.75 Å². The molecule has 136 valence electrons. The van der Waals surface area contributed by atoms with E-state index in [2.05, 4.69) is 31.0 Å². The minimum absolute atomic E-state index is 0.00877. The predicted octanol–water partition coefficient (Wildman–Crippen LogP) is 4.78. The maximum atomic E-state index is 12.7. The minimum Gasteiger partial charge on any atom is -0.493 e. The number of hydrogen-bond acceptors (Lipinski definition) is 3. The predicted molar refractivity (Wildman–Crippen MR) is 106 cm³/mol. The molecule has 0 aliphatic heterocycles. The lowest BCUT2D eigenvalue weighted by molar-refractivity contribution is 0.295. The van der Waals surface area contributed by atoms with Crippen molar-refractivity contribution in [3.63, 3.8) is 0 Å². The molecule has 1 aliphatic carbocycles. The van der Waals surface area contributed by atoms with Gasteiger partial charge in [-0.05, 0) is 60.6 Å². The van der Waals surface area contributed by atoms with E-state index >= 15 is 0 Å². The first-order valence-electron chi connectivity index (χ1n) is 9.59. The third-order valence-corrected chi connectivity index (χ3v) is 5.34. The maximum Gasteiger partial charge on any atom is 0.260 e. The minimum atomic E-state index is -0.00877. The summed E-state index contributed by atoms with van der Waals surface area (Å²) in [6, 6.07) is 6.26. The number of rotatable bonds is 6. The average Bonchev–Trinajstić information content (AvgIpc) is 3.47. The van der Waals surface area contributed by atoms with E-state index in [9.17, 15) is 4.79 Å². The summed E-state index contributed by atoms with van der Waals surface area (Å²) in [4.78, 5) is 16.8. The van der Waals surface area contributed by atoms with E-state index in [1.54, 1.807) is 17.0 Å². The number of fused-ring (bicyclic) bond motifs is 3. The smallest absolute Gasteiger partial charge is 0.260 e. The van der Waals surface area contributed by atoms with Gasteiger partial charge in [-0.3, -0.25) is 9.78 Å².